The van der Waals surface area contributed by atoms with E-state index >= 15 is 0 Å². The van der Waals surface area contributed by atoms with Gasteiger partial charge in [0.15, 0.2) is 0 Å². The number of carbonyl (C=O) groups is 2. The number of Topliss-reactive ketones (excluding diaryl/α,β-unsaturated/α-hetero) is 2. The average molecular weight is 360 g/mol. The first kappa shape index (κ1) is 18.2. The largest absolute Gasteiger partial charge is 0.396 e. The zero-order valence-electron chi connectivity index (χ0n) is 16.6. The Kier molecular flexibility index (Phi) is 4.51. The van der Waals surface area contributed by atoms with Crippen LogP contribution in [0, 0.1) is 34.5 Å². The van der Waals surface area contributed by atoms with Crippen LogP contribution in [0.5, 0.6) is 0 Å². The van der Waals surface area contributed by atoms with Gasteiger partial charge in [-0.3, -0.25) is 9.59 Å². The van der Waals surface area contributed by atoms with Crippen molar-refractivity contribution in [2.24, 2.45) is 39.7 Å². The molecule has 26 heavy (non-hydrogen) atoms. The van der Waals surface area contributed by atoms with Crippen LogP contribution in [0.1, 0.15) is 78.6 Å². The van der Waals surface area contributed by atoms with Crippen molar-refractivity contribution >= 4 is 17.3 Å². The van der Waals surface area contributed by atoms with Gasteiger partial charge in [-0.25, -0.2) is 0 Å². The van der Waals surface area contributed by atoms with E-state index < -0.39 is 0 Å². The van der Waals surface area contributed by atoms with E-state index in [1.165, 1.54) is 0 Å². The minimum Gasteiger partial charge on any atom is -0.396 e. The summed E-state index contributed by atoms with van der Waals surface area (Å²) >= 11 is 0. The summed E-state index contributed by atoms with van der Waals surface area (Å²) in [6, 6.07) is 0. The number of hydrogen-bond donors (Lipinski definition) is 0. The Bertz CT molecular complexity index is 641. The highest BCUT2D eigenvalue weighted by Crippen LogP contribution is 2.64. The Morgan fingerprint density at radius 1 is 1.08 bits per heavy atom. The zero-order valence-corrected chi connectivity index (χ0v) is 16.6. The molecule has 0 amide bonds. The smallest absolute Gasteiger partial charge is 0.139 e. The molecule has 0 heterocycles. The zero-order chi connectivity index (χ0) is 18.5. The Hall–Kier alpha value is -1.19. The van der Waals surface area contributed by atoms with Crippen molar-refractivity contribution < 1.29 is 14.4 Å². The van der Waals surface area contributed by atoms with Crippen LogP contribution in [0.3, 0.4) is 0 Å². The van der Waals surface area contributed by atoms with E-state index in [1.54, 1.807) is 0 Å². The van der Waals surface area contributed by atoms with Crippen LogP contribution in [-0.4, -0.2) is 23.9 Å². The highest BCUT2D eigenvalue weighted by molar-refractivity contribution is 5.93. The maximum absolute atomic E-state index is 13.2. The lowest BCUT2D eigenvalue weighted by atomic mass is 9.45. The number of rotatable bonds is 3. The van der Waals surface area contributed by atoms with E-state index in [0.717, 1.165) is 57.1 Å². The summed E-state index contributed by atoms with van der Waals surface area (Å²) in [5.41, 5.74) is 1.00. The Morgan fingerprint density at radius 3 is 2.65 bits per heavy atom. The van der Waals surface area contributed by atoms with Crippen molar-refractivity contribution in [2.75, 3.05) is 6.61 Å². The number of carbonyl (C=O) groups excluding carboxylic acids is 2. The first-order valence-electron chi connectivity index (χ1n) is 10.6. The highest BCUT2D eigenvalue weighted by atomic mass is 16.6. The molecule has 4 heteroatoms. The summed E-state index contributed by atoms with van der Waals surface area (Å²) in [7, 11) is 0. The molecule has 0 aromatic carbocycles. The number of ketones is 2. The number of nitrogens with zero attached hydrogens (tertiary/aromatic N) is 1. The lowest BCUT2D eigenvalue weighted by Gasteiger charge is -2.58. The lowest BCUT2D eigenvalue weighted by molar-refractivity contribution is -0.152. The molecule has 0 saturated heterocycles. The summed E-state index contributed by atoms with van der Waals surface area (Å²) in [6.07, 6.45) is 8.28. The molecule has 0 aromatic heterocycles. The lowest BCUT2D eigenvalue weighted by Crippen LogP contribution is -2.56. The van der Waals surface area contributed by atoms with Crippen molar-refractivity contribution in [3.8, 4) is 0 Å². The van der Waals surface area contributed by atoms with Gasteiger partial charge < -0.3 is 4.84 Å². The van der Waals surface area contributed by atoms with Crippen molar-refractivity contribution in [2.45, 2.75) is 78.6 Å². The standard InChI is InChI=1S/C22H33NO3/c1-4-11-26-23-14-7-9-21(2)17-8-10-22(3)16(5-6-20(22)25)15(17)13-19(24)18(21)12-14/h15-18H,4-13H2,1-3H3/b23-14+. The minimum absolute atomic E-state index is 0.0801. The van der Waals surface area contributed by atoms with Gasteiger partial charge in [0.2, 0.25) is 0 Å². The van der Waals surface area contributed by atoms with Crippen molar-refractivity contribution in [1.29, 1.82) is 0 Å². The quantitative estimate of drug-likeness (QED) is 0.548. The fourth-order valence-electron chi connectivity index (χ4n) is 6.93. The molecule has 0 aromatic rings. The molecule has 4 aliphatic carbocycles. The molecule has 0 spiro atoms. The third kappa shape index (κ3) is 2.58. The molecule has 4 aliphatic rings. The predicted octanol–water partition coefficient (Wildman–Crippen LogP) is 4.56. The third-order valence-electron chi connectivity index (χ3n) is 8.50. The molecule has 4 fully saturated rings. The molecule has 0 aliphatic heterocycles. The molecule has 6 unspecified atom stereocenters. The van der Waals surface area contributed by atoms with Crippen LogP contribution in [0.4, 0.5) is 0 Å². The molecular formula is C22H33NO3. The SMILES string of the molecule is CCCO/N=C1\CCC2(C)C(C1)C(=O)CC1C3CCC(=O)C3(C)CCC12. The Labute approximate surface area is 157 Å². The second kappa shape index (κ2) is 6.45. The topological polar surface area (TPSA) is 55.7 Å². The van der Waals surface area contributed by atoms with Gasteiger partial charge in [-0.15, -0.1) is 0 Å². The average Bonchev–Trinajstić information content (AvgIpc) is 2.92. The van der Waals surface area contributed by atoms with E-state index in [4.69, 9.17) is 4.84 Å². The van der Waals surface area contributed by atoms with Gasteiger partial charge in [-0.05, 0) is 68.1 Å². The predicted molar refractivity (Wildman–Crippen MR) is 101 cm³/mol. The van der Waals surface area contributed by atoms with Crippen LogP contribution in [0.15, 0.2) is 5.16 Å². The maximum atomic E-state index is 13.2. The normalized spacial score (nSPS) is 46.7. The molecule has 0 N–H and O–H groups in total. The summed E-state index contributed by atoms with van der Waals surface area (Å²) in [4.78, 5) is 31.1. The van der Waals surface area contributed by atoms with Crippen LogP contribution < -0.4 is 0 Å². The van der Waals surface area contributed by atoms with Gasteiger partial charge in [-0.2, -0.15) is 0 Å². The fourth-order valence-corrected chi connectivity index (χ4v) is 6.93. The fraction of sp³-hybridized carbons (Fsp3) is 0.864. The first-order chi connectivity index (χ1) is 12.4. The maximum Gasteiger partial charge on any atom is 0.139 e. The van der Waals surface area contributed by atoms with Crippen LogP contribution in [0.25, 0.3) is 0 Å². The van der Waals surface area contributed by atoms with Gasteiger partial charge in [-0.1, -0.05) is 25.9 Å². The molecule has 4 rings (SSSR count). The Morgan fingerprint density at radius 2 is 1.88 bits per heavy atom. The van der Waals surface area contributed by atoms with E-state index in [2.05, 4.69) is 25.9 Å². The van der Waals surface area contributed by atoms with Gasteiger partial charge in [0.05, 0.1) is 5.71 Å². The molecule has 144 valence electrons. The third-order valence-corrected chi connectivity index (χ3v) is 8.50. The van der Waals surface area contributed by atoms with Gasteiger partial charge >= 0.3 is 0 Å². The minimum atomic E-state index is -0.153. The monoisotopic (exact) mass is 359 g/mol. The van der Waals surface area contributed by atoms with Crippen molar-refractivity contribution in [3.63, 3.8) is 0 Å². The molecule has 4 saturated carbocycles. The Balaban J connectivity index is 1.57. The molecule has 0 bridgehead atoms. The molecular weight excluding hydrogens is 326 g/mol. The second-order valence-corrected chi connectivity index (χ2v) is 9.72. The summed E-state index contributed by atoms with van der Waals surface area (Å²) in [5, 5.41) is 4.33. The molecule has 0 radical (unpaired) electrons. The van der Waals surface area contributed by atoms with Gasteiger partial charge in [0.1, 0.15) is 18.2 Å². The van der Waals surface area contributed by atoms with Gasteiger partial charge in [0.25, 0.3) is 0 Å². The van der Waals surface area contributed by atoms with Crippen LogP contribution in [-0.2, 0) is 14.4 Å². The van der Waals surface area contributed by atoms with E-state index in [1.807, 2.05) is 0 Å². The van der Waals surface area contributed by atoms with Gasteiger partial charge in [0, 0.05) is 24.2 Å². The van der Waals surface area contributed by atoms with E-state index in [9.17, 15) is 9.59 Å². The summed E-state index contributed by atoms with van der Waals surface area (Å²) in [5.74, 6) is 2.41. The van der Waals surface area contributed by atoms with E-state index in [0.29, 0.717) is 42.3 Å². The van der Waals surface area contributed by atoms with E-state index in [-0.39, 0.29) is 16.7 Å². The second-order valence-electron chi connectivity index (χ2n) is 9.72. The van der Waals surface area contributed by atoms with Crippen molar-refractivity contribution in [3.05, 3.63) is 0 Å². The first-order valence-corrected chi connectivity index (χ1v) is 10.6. The number of oxime groups is 1. The number of fused-ring (bicyclic) bond motifs is 5. The van der Waals surface area contributed by atoms with Crippen molar-refractivity contribution in [1.82, 2.24) is 0 Å². The van der Waals surface area contributed by atoms with Crippen LogP contribution >= 0.6 is 0 Å². The summed E-state index contributed by atoms with van der Waals surface area (Å²) in [6.45, 7) is 7.26. The molecule has 6 atom stereocenters. The molecule has 4 nitrogen and oxygen atoms in total. The summed E-state index contributed by atoms with van der Waals surface area (Å²) < 4.78 is 0. The van der Waals surface area contributed by atoms with Crippen LogP contribution in [0.2, 0.25) is 0 Å². The highest BCUT2D eigenvalue weighted by Gasteiger charge is 2.62. The number of hydrogen-bond acceptors (Lipinski definition) is 4.